The number of carboxylic acid groups (broad SMARTS) is 1. The predicted octanol–water partition coefficient (Wildman–Crippen LogP) is -0.0279. The van der Waals surface area contributed by atoms with Gasteiger partial charge in [0, 0.05) is 12.2 Å². The number of nitrogens with one attached hydrogen (secondary N) is 1. The molecule has 0 bridgehead atoms. The summed E-state index contributed by atoms with van der Waals surface area (Å²) >= 11 is 1.51. The molecule has 16 heavy (non-hydrogen) atoms. The molecule has 1 amide bonds. The van der Waals surface area contributed by atoms with Gasteiger partial charge in [-0.3, -0.25) is 4.79 Å². The fourth-order valence-electron chi connectivity index (χ4n) is 2.15. The van der Waals surface area contributed by atoms with Crippen LogP contribution in [0.3, 0.4) is 0 Å². The summed E-state index contributed by atoms with van der Waals surface area (Å²) in [7, 11) is 0. The lowest BCUT2D eigenvalue weighted by Crippen LogP contribution is -2.42. The van der Waals surface area contributed by atoms with Crippen molar-refractivity contribution in [1.82, 2.24) is 10.2 Å². The summed E-state index contributed by atoms with van der Waals surface area (Å²) in [5.41, 5.74) is 0. The van der Waals surface area contributed by atoms with Crippen LogP contribution in [0.1, 0.15) is 12.8 Å². The highest BCUT2D eigenvalue weighted by Crippen LogP contribution is 2.24. The highest BCUT2D eigenvalue weighted by molar-refractivity contribution is 7.99. The second kappa shape index (κ2) is 5.05. The van der Waals surface area contributed by atoms with Crippen LogP contribution in [0.2, 0.25) is 0 Å². The van der Waals surface area contributed by atoms with Gasteiger partial charge in [0.05, 0.1) is 5.88 Å². The van der Waals surface area contributed by atoms with Crippen molar-refractivity contribution in [1.29, 1.82) is 0 Å². The summed E-state index contributed by atoms with van der Waals surface area (Å²) in [6.45, 7) is 1.85. The van der Waals surface area contributed by atoms with E-state index in [0.717, 1.165) is 19.5 Å². The SMILES string of the molecule is O=C(O)C1CSCN1C(=O)CC1CCNC1. The second-order valence-corrected chi connectivity index (χ2v) is 5.28. The quantitative estimate of drug-likeness (QED) is 0.730. The maximum atomic E-state index is 11.9. The molecular weight excluding hydrogens is 228 g/mol. The molecule has 0 aromatic carbocycles. The van der Waals surface area contributed by atoms with Crippen LogP contribution in [-0.4, -0.2) is 52.6 Å². The monoisotopic (exact) mass is 244 g/mol. The van der Waals surface area contributed by atoms with Crippen LogP contribution in [0.4, 0.5) is 0 Å². The Hall–Kier alpha value is -0.750. The fourth-order valence-corrected chi connectivity index (χ4v) is 3.32. The van der Waals surface area contributed by atoms with Crippen LogP contribution in [0.5, 0.6) is 0 Å². The topological polar surface area (TPSA) is 69.6 Å². The molecule has 0 aromatic rings. The summed E-state index contributed by atoms with van der Waals surface area (Å²) < 4.78 is 0. The zero-order chi connectivity index (χ0) is 11.5. The van der Waals surface area contributed by atoms with Crippen molar-refractivity contribution >= 4 is 23.6 Å². The number of carboxylic acids is 1. The van der Waals surface area contributed by atoms with E-state index in [9.17, 15) is 9.59 Å². The first-order valence-electron chi connectivity index (χ1n) is 5.49. The minimum Gasteiger partial charge on any atom is -0.480 e. The van der Waals surface area contributed by atoms with Gasteiger partial charge in [-0.2, -0.15) is 0 Å². The van der Waals surface area contributed by atoms with Crippen molar-refractivity contribution in [2.45, 2.75) is 18.9 Å². The Morgan fingerprint density at radius 2 is 2.31 bits per heavy atom. The number of thioether (sulfide) groups is 1. The second-order valence-electron chi connectivity index (χ2n) is 4.28. The Bertz CT molecular complexity index is 292. The Kier molecular flexibility index (Phi) is 3.70. The van der Waals surface area contributed by atoms with Gasteiger partial charge in [0.1, 0.15) is 6.04 Å². The number of aliphatic carboxylic acids is 1. The molecule has 2 fully saturated rings. The minimum atomic E-state index is -0.886. The Labute approximate surface area is 98.6 Å². The number of carbonyl (C=O) groups excluding carboxylic acids is 1. The third-order valence-electron chi connectivity index (χ3n) is 3.11. The van der Waals surface area contributed by atoms with E-state index < -0.39 is 12.0 Å². The van der Waals surface area contributed by atoms with Crippen molar-refractivity contribution in [2.75, 3.05) is 24.7 Å². The van der Waals surface area contributed by atoms with E-state index in [1.54, 1.807) is 0 Å². The first-order valence-corrected chi connectivity index (χ1v) is 6.64. The maximum Gasteiger partial charge on any atom is 0.327 e. The number of nitrogens with zero attached hydrogens (tertiary/aromatic N) is 1. The van der Waals surface area contributed by atoms with Crippen LogP contribution in [0.25, 0.3) is 0 Å². The largest absolute Gasteiger partial charge is 0.480 e. The molecular formula is C10H16N2O3S. The molecule has 0 radical (unpaired) electrons. The lowest BCUT2D eigenvalue weighted by atomic mass is 10.0. The normalized spacial score (nSPS) is 29.6. The molecule has 90 valence electrons. The van der Waals surface area contributed by atoms with Crippen molar-refractivity contribution in [2.24, 2.45) is 5.92 Å². The van der Waals surface area contributed by atoms with E-state index >= 15 is 0 Å². The summed E-state index contributed by atoms with van der Waals surface area (Å²) in [4.78, 5) is 24.4. The van der Waals surface area contributed by atoms with Gasteiger partial charge in [0.25, 0.3) is 0 Å². The molecule has 0 spiro atoms. The van der Waals surface area contributed by atoms with Gasteiger partial charge in [0.2, 0.25) is 5.91 Å². The predicted molar refractivity (Wildman–Crippen MR) is 61.2 cm³/mol. The summed E-state index contributed by atoms with van der Waals surface area (Å²) in [5.74, 6) is 0.529. The Balaban J connectivity index is 1.90. The third kappa shape index (κ3) is 2.49. The average Bonchev–Trinajstić information content (AvgIpc) is 2.86. The van der Waals surface area contributed by atoms with Crippen molar-refractivity contribution in [3.05, 3.63) is 0 Å². The first-order chi connectivity index (χ1) is 7.68. The van der Waals surface area contributed by atoms with Gasteiger partial charge >= 0.3 is 5.97 Å². The maximum absolute atomic E-state index is 11.9. The van der Waals surface area contributed by atoms with Crippen LogP contribution in [-0.2, 0) is 9.59 Å². The van der Waals surface area contributed by atoms with E-state index in [1.165, 1.54) is 16.7 Å². The van der Waals surface area contributed by atoms with Crippen molar-refractivity contribution in [3.8, 4) is 0 Å². The number of rotatable bonds is 3. The number of hydrogen-bond donors (Lipinski definition) is 2. The van der Waals surface area contributed by atoms with Crippen LogP contribution in [0.15, 0.2) is 0 Å². The summed E-state index contributed by atoms with van der Waals surface area (Å²) in [5, 5.41) is 12.2. The van der Waals surface area contributed by atoms with Gasteiger partial charge in [0.15, 0.2) is 0 Å². The molecule has 2 atom stereocenters. The third-order valence-corrected chi connectivity index (χ3v) is 4.13. The van der Waals surface area contributed by atoms with Gasteiger partial charge in [-0.15, -0.1) is 11.8 Å². The molecule has 2 saturated heterocycles. The Morgan fingerprint density at radius 1 is 1.50 bits per heavy atom. The molecule has 2 unspecified atom stereocenters. The molecule has 2 heterocycles. The van der Waals surface area contributed by atoms with E-state index in [0.29, 0.717) is 24.0 Å². The van der Waals surface area contributed by atoms with E-state index in [2.05, 4.69) is 5.32 Å². The number of carbonyl (C=O) groups is 2. The van der Waals surface area contributed by atoms with Gasteiger partial charge < -0.3 is 15.3 Å². The molecule has 6 heteroatoms. The fraction of sp³-hybridized carbons (Fsp3) is 0.800. The minimum absolute atomic E-state index is 0.00824. The van der Waals surface area contributed by atoms with Crippen molar-refractivity contribution in [3.63, 3.8) is 0 Å². The molecule has 0 aromatic heterocycles. The van der Waals surface area contributed by atoms with Gasteiger partial charge in [-0.1, -0.05) is 0 Å². The molecule has 5 nitrogen and oxygen atoms in total. The molecule has 2 aliphatic rings. The molecule has 2 N–H and O–H groups in total. The summed E-state index contributed by atoms with van der Waals surface area (Å²) in [6, 6.07) is -0.619. The summed E-state index contributed by atoms with van der Waals surface area (Å²) in [6.07, 6.45) is 1.50. The van der Waals surface area contributed by atoms with E-state index in [4.69, 9.17) is 5.11 Å². The molecule has 0 saturated carbocycles. The lowest BCUT2D eigenvalue weighted by Gasteiger charge is -2.21. The van der Waals surface area contributed by atoms with Gasteiger partial charge in [-0.25, -0.2) is 4.79 Å². The highest BCUT2D eigenvalue weighted by Gasteiger charge is 2.35. The number of hydrogen-bond acceptors (Lipinski definition) is 4. The standard InChI is InChI=1S/C10H16N2O3S/c13-9(3-7-1-2-11-4-7)12-6-16-5-8(12)10(14)15/h7-8,11H,1-6H2,(H,14,15). The molecule has 0 aliphatic carbocycles. The highest BCUT2D eigenvalue weighted by atomic mass is 32.2. The average molecular weight is 244 g/mol. The van der Waals surface area contributed by atoms with Crippen LogP contribution >= 0.6 is 11.8 Å². The lowest BCUT2D eigenvalue weighted by molar-refractivity contribution is -0.148. The van der Waals surface area contributed by atoms with E-state index in [-0.39, 0.29) is 5.91 Å². The zero-order valence-electron chi connectivity index (χ0n) is 9.02. The Morgan fingerprint density at radius 3 is 2.94 bits per heavy atom. The van der Waals surface area contributed by atoms with Crippen molar-refractivity contribution < 1.29 is 14.7 Å². The van der Waals surface area contributed by atoms with Gasteiger partial charge in [-0.05, 0) is 25.4 Å². The molecule has 2 aliphatic heterocycles. The molecule has 2 rings (SSSR count). The van der Waals surface area contributed by atoms with E-state index in [1.807, 2.05) is 0 Å². The van der Waals surface area contributed by atoms with Crippen LogP contribution in [0, 0.1) is 5.92 Å². The van der Waals surface area contributed by atoms with Crippen LogP contribution < -0.4 is 5.32 Å². The number of amides is 1. The first kappa shape index (κ1) is 11.7. The zero-order valence-corrected chi connectivity index (χ0v) is 9.83. The smallest absolute Gasteiger partial charge is 0.327 e.